The van der Waals surface area contributed by atoms with Gasteiger partial charge < -0.3 is 20.7 Å². The van der Waals surface area contributed by atoms with Crippen LogP contribution in [-0.4, -0.2) is 49.5 Å². The monoisotopic (exact) mass is 363 g/mol. The van der Waals surface area contributed by atoms with Gasteiger partial charge in [0.25, 0.3) is 5.91 Å². The lowest BCUT2D eigenvalue weighted by atomic mass is 10.00. The molecule has 0 bridgehead atoms. The van der Waals surface area contributed by atoms with E-state index in [-0.39, 0.29) is 23.8 Å². The molecule has 3 N–H and O–H groups in total. The van der Waals surface area contributed by atoms with Crippen LogP contribution in [0.5, 0.6) is 5.75 Å². The fourth-order valence-corrected chi connectivity index (χ4v) is 2.59. The number of amides is 2. The van der Waals surface area contributed by atoms with Crippen LogP contribution in [0.2, 0.25) is 0 Å². The predicted molar refractivity (Wildman–Crippen MR) is 104 cm³/mol. The SMILES string of the molecule is COc1ccccc1C(=O)NC(C(=O)N(C)CCC(N)C(C)C)C(C)C. The first-order chi connectivity index (χ1) is 12.2. The molecule has 0 spiro atoms. The van der Waals surface area contributed by atoms with Gasteiger partial charge in [0.15, 0.2) is 0 Å². The number of nitrogens with one attached hydrogen (secondary N) is 1. The Morgan fingerprint density at radius 3 is 2.31 bits per heavy atom. The number of para-hydroxylation sites is 1. The van der Waals surface area contributed by atoms with Crippen molar-refractivity contribution in [2.45, 2.75) is 46.2 Å². The third-order valence-electron chi connectivity index (χ3n) is 4.60. The number of hydrogen-bond acceptors (Lipinski definition) is 4. The molecule has 2 amide bonds. The third kappa shape index (κ3) is 6.02. The maximum atomic E-state index is 12.8. The number of ether oxygens (including phenoxy) is 1. The Balaban J connectivity index is 2.81. The van der Waals surface area contributed by atoms with Gasteiger partial charge in [0.2, 0.25) is 5.91 Å². The Morgan fingerprint density at radius 2 is 1.77 bits per heavy atom. The number of carbonyl (C=O) groups is 2. The van der Waals surface area contributed by atoms with Crippen molar-refractivity contribution < 1.29 is 14.3 Å². The first-order valence-electron chi connectivity index (χ1n) is 9.13. The van der Waals surface area contributed by atoms with Crippen LogP contribution in [-0.2, 0) is 4.79 Å². The molecule has 0 aliphatic carbocycles. The van der Waals surface area contributed by atoms with E-state index >= 15 is 0 Å². The van der Waals surface area contributed by atoms with Crippen molar-refractivity contribution in [1.29, 1.82) is 0 Å². The number of nitrogens with zero attached hydrogens (tertiary/aromatic N) is 1. The number of nitrogens with two attached hydrogens (primary N) is 1. The smallest absolute Gasteiger partial charge is 0.255 e. The van der Waals surface area contributed by atoms with Gasteiger partial charge in [-0.05, 0) is 30.4 Å². The molecule has 146 valence electrons. The van der Waals surface area contributed by atoms with E-state index in [1.807, 2.05) is 13.8 Å². The van der Waals surface area contributed by atoms with Crippen molar-refractivity contribution in [2.24, 2.45) is 17.6 Å². The molecule has 1 aromatic rings. The summed E-state index contributed by atoms with van der Waals surface area (Å²) in [5, 5.41) is 2.86. The molecule has 1 aromatic carbocycles. The lowest BCUT2D eigenvalue weighted by molar-refractivity contribution is -0.133. The molecule has 0 aliphatic rings. The van der Waals surface area contributed by atoms with Crippen LogP contribution in [0.3, 0.4) is 0 Å². The highest BCUT2D eigenvalue weighted by Crippen LogP contribution is 2.18. The zero-order valence-electron chi connectivity index (χ0n) is 16.8. The molecular formula is C20H33N3O3. The predicted octanol–water partition coefficient (Wildman–Crippen LogP) is 2.28. The number of benzene rings is 1. The van der Waals surface area contributed by atoms with Gasteiger partial charge in [-0.15, -0.1) is 0 Å². The van der Waals surface area contributed by atoms with Crippen LogP contribution >= 0.6 is 0 Å². The Hall–Kier alpha value is -2.08. The maximum absolute atomic E-state index is 12.8. The zero-order chi connectivity index (χ0) is 19.9. The molecule has 6 nitrogen and oxygen atoms in total. The van der Waals surface area contributed by atoms with Gasteiger partial charge in [-0.3, -0.25) is 9.59 Å². The largest absolute Gasteiger partial charge is 0.496 e. The summed E-state index contributed by atoms with van der Waals surface area (Å²) < 4.78 is 5.23. The summed E-state index contributed by atoms with van der Waals surface area (Å²) in [7, 11) is 3.27. The average molecular weight is 364 g/mol. The van der Waals surface area contributed by atoms with E-state index in [0.29, 0.717) is 23.8 Å². The summed E-state index contributed by atoms with van der Waals surface area (Å²) >= 11 is 0. The molecule has 26 heavy (non-hydrogen) atoms. The molecular weight excluding hydrogens is 330 g/mol. The highest BCUT2D eigenvalue weighted by atomic mass is 16.5. The standard InChI is InChI=1S/C20H33N3O3/c1-13(2)16(21)11-12-23(5)20(25)18(14(3)4)22-19(24)15-9-7-8-10-17(15)26-6/h7-10,13-14,16,18H,11-12,21H2,1-6H3,(H,22,24). The number of hydrogen-bond donors (Lipinski definition) is 2. The summed E-state index contributed by atoms with van der Waals surface area (Å²) in [4.78, 5) is 27.1. The quantitative estimate of drug-likeness (QED) is 0.705. The summed E-state index contributed by atoms with van der Waals surface area (Å²) in [6.07, 6.45) is 0.727. The van der Waals surface area contributed by atoms with Gasteiger partial charge in [-0.25, -0.2) is 0 Å². The van der Waals surface area contributed by atoms with E-state index in [0.717, 1.165) is 6.42 Å². The molecule has 2 atom stereocenters. The zero-order valence-corrected chi connectivity index (χ0v) is 16.8. The molecule has 6 heteroatoms. The molecule has 0 aromatic heterocycles. The van der Waals surface area contributed by atoms with E-state index < -0.39 is 6.04 Å². The second-order valence-corrected chi connectivity index (χ2v) is 7.35. The Bertz CT molecular complexity index is 602. The number of carbonyl (C=O) groups excluding carboxylic acids is 2. The second kappa shape index (κ2) is 10.2. The van der Waals surface area contributed by atoms with Crippen LogP contribution in [0, 0.1) is 11.8 Å². The topological polar surface area (TPSA) is 84.7 Å². The Labute approximate surface area is 157 Å². The van der Waals surface area contributed by atoms with E-state index in [1.165, 1.54) is 7.11 Å². The van der Waals surface area contributed by atoms with Gasteiger partial charge in [0.1, 0.15) is 11.8 Å². The minimum absolute atomic E-state index is 0.0395. The van der Waals surface area contributed by atoms with Crippen LogP contribution in [0.25, 0.3) is 0 Å². The number of rotatable bonds is 9. The van der Waals surface area contributed by atoms with Crippen molar-refractivity contribution in [1.82, 2.24) is 10.2 Å². The molecule has 0 fully saturated rings. The van der Waals surface area contributed by atoms with Crippen molar-refractivity contribution in [2.75, 3.05) is 20.7 Å². The molecule has 0 heterocycles. The fraction of sp³-hybridized carbons (Fsp3) is 0.600. The minimum atomic E-state index is -0.604. The Morgan fingerprint density at radius 1 is 1.15 bits per heavy atom. The number of methoxy groups -OCH3 is 1. The summed E-state index contributed by atoms with van der Waals surface area (Å²) in [6.45, 7) is 8.53. The molecule has 0 aliphatic heterocycles. The van der Waals surface area contributed by atoms with E-state index in [4.69, 9.17) is 10.5 Å². The third-order valence-corrected chi connectivity index (χ3v) is 4.60. The molecule has 0 radical (unpaired) electrons. The van der Waals surface area contributed by atoms with E-state index in [9.17, 15) is 9.59 Å². The average Bonchev–Trinajstić information content (AvgIpc) is 2.62. The van der Waals surface area contributed by atoms with Gasteiger partial charge in [-0.2, -0.15) is 0 Å². The van der Waals surface area contributed by atoms with Gasteiger partial charge >= 0.3 is 0 Å². The number of likely N-dealkylation sites (N-methyl/N-ethyl adjacent to an activating group) is 1. The first kappa shape index (κ1) is 22.0. The lowest BCUT2D eigenvalue weighted by Crippen LogP contribution is -2.50. The van der Waals surface area contributed by atoms with E-state index in [1.54, 1.807) is 36.2 Å². The molecule has 0 saturated heterocycles. The van der Waals surface area contributed by atoms with Crippen LogP contribution in [0.4, 0.5) is 0 Å². The molecule has 2 unspecified atom stereocenters. The van der Waals surface area contributed by atoms with Crippen molar-refractivity contribution >= 4 is 11.8 Å². The normalized spacial score (nSPS) is 13.4. The van der Waals surface area contributed by atoms with E-state index in [2.05, 4.69) is 19.2 Å². The summed E-state index contributed by atoms with van der Waals surface area (Å²) in [6, 6.07) is 6.41. The summed E-state index contributed by atoms with van der Waals surface area (Å²) in [5.74, 6) is 0.379. The van der Waals surface area contributed by atoms with Crippen LogP contribution in [0.1, 0.15) is 44.5 Å². The van der Waals surface area contributed by atoms with Gasteiger partial charge in [0, 0.05) is 19.6 Å². The Kier molecular flexibility index (Phi) is 8.58. The molecule has 1 rings (SSSR count). The van der Waals surface area contributed by atoms with Crippen LogP contribution in [0.15, 0.2) is 24.3 Å². The van der Waals surface area contributed by atoms with Crippen molar-refractivity contribution in [3.63, 3.8) is 0 Å². The van der Waals surface area contributed by atoms with Crippen LogP contribution < -0.4 is 15.8 Å². The highest BCUT2D eigenvalue weighted by Gasteiger charge is 2.28. The highest BCUT2D eigenvalue weighted by molar-refractivity contribution is 5.99. The van der Waals surface area contributed by atoms with Crippen molar-refractivity contribution in [3.8, 4) is 5.75 Å². The lowest BCUT2D eigenvalue weighted by Gasteiger charge is -2.28. The second-order valence-electron chi connectivity index (χ2n) is 7.35. The van der Waals surface area contributed by atoms with Gasteiger partial charge in [0.05, 0.1) is 12.7 Å². The first-order valence-corrected chi connectivity index (χ1v) is 9.13. The molecule has 0 saturated carbocycles. The van der Waals surface area contributed by atoms with Crippen molar-refractivity contribution in [3.05, 3.63) is 29.8 Å². The maximum Gasteiger partial charge on any atom is 0.255 e. The fourth-order valence-electron chi connectivity index (χ4n) is 2.59. The minimum Gasteiger partial charge on any atom is -0.496 e. The van der Waals surface area contributed by atoms with Gasteiger partial charge in [-0.1, -0.05) is 39.8 Å². The summed E-state index contributed by atoms with van der Waals surface area (Å²) in [5.41, 5.74) is 6.48.